The lowest BCUT2D eigenvalue weighted by atomic mass is 10.0. The van der Waals surface area contributed by atoms with E-state index in [1.807, 2.05) is 0 Å². The predicted octanol–water partition coefficient (Wildman–Crippen LogP) is 1.02. The van der Waals surface area contributed by atoms with Gasteiger partial charge in [-0.25, -0.2) is 0 Å². The Morgan fingerprint density at radius 1 is 1.30 bits per heavy atom. The molecule has 0 aliphatic carbocycles. The minimum absolute atomic E-state index is 0. The van der Waals surface area contributed by atoms with Crippen LogP contribution in [-0.4, -0.2) is 35.9 Å². The Bertz CT molecular complexity index is 415. The summed E-state index contributed by atoms with van der Waals surface area (Å²) in [4.78, 5) is 11.3. The Morgan fingerprint density at radius 3 is 2.35 bits per heavy atom. The number of nitrogens with one attached hydrogen (secondary N) is 1. The molecule has 0 aliphatic rings. The van der Waals surface area contributed by atoms with E-state index < -0.39 is 30.8 Å². The molecule has 4 nitrogen and oxygen atoms in total. The number of nitrogens with two attached hydrogens (primary N) is 1. The second-order valence-corrected chi connectivity index (χ2v) is 4.13. The molecule has 1 amide bonds. The SMILES string of the molecule is Cl.NC(Cc1ccccc1)C(O)C(=O)NCC(F)(F)F. The number of alkyl halides is 3. The van der Waals surface area contributed by atoms with Crippen LogP contribution < -0.4 is 11.1 Å². The van der Waals surface area contributed by atoms with Gasteiger partial charge in [-0.15, -0.1) is 12.4 Å². The maximum absolute atomic E-state index is 11.9. The molecule has 1 aromatic rings. The smallest absolute Gasteiger partial charge is 0.382 e. The van der Waals surface area contributed by atoms with Gasteiger partial charge in [0.05, 0.1) is 0 Å². The van der Waals surface area contributed by atoms with Gasteiger partial charge in [-0.05, 0) is 12.0 Å². The van der Waals surface area contributed by atoms with Crippen LogP contribution in [-0.2, 0) is 11.2 Å². The maximum Gasteiger partial charge on any atom is 0.405 e. The number of rotatable bonds is 5. The Balaban J connectivity index is 0.00000361. The van der Waals surface area contributed by atoms with E-state index in [9.17, 15) is 23.1 Å². The van der Waals surface area contributed by atoms with Crippen LogP contribution in [0.1, 0.15) is 5.56 Å². The van der Waals surface area contributed by atoms with Crippen LogP contribution in [0.5, 0.6) is 0 Å². The fraction of sp³-hybridized carbons (Fsp3) is 0.417. The first-order valence-electron chi connectivity index (χ1n) is 5.61. The molecule has 4 N–H and O–H groups in total. The zero-order chi connectivity index (χ0) is 14.5. The van der Waals surface area contributed by atoms with Crippen molar-refractivity contribution >= 4 is 18.3 Å². The van der Waals surface area contributed by atoms with Crippen molar-refractivity contribution in [1.82, 2.24) is 5.32 Å². The van der Waals surface area contributed by atoms with Gasteiger partial charge in [-0.2, -0.15) is 13.2 Å². The van der Waals surface area contributed by atoms with Crippen molar-refractivity contribution in [1.29, 1.82) is 0 Å². The first-order chi connectivity index (χ1) is 8.79. The molecule has 0 aromatic heterocycles. The van der Waals surface area contributed by atoms with E-state index in [1.54, 1.807) is 35.6 Å². The van der Waals surface area contributed by atoms with Gasteiger partial charge in [0, 0.05) is 6.04 Å². The summed E-state index contributed by atoms with van der Waals surface area (Å²) in [5.74, 6) is -1.12. The van der Waals surface area contributed by atoms with E-state index in [0.29, 0.717) is 0 Å². The number of amides is 1. The molecule has 0 aliphatic heterocycles. The van der Waals surface area contributed by atoms with Crippen LogP contribution in [0.25, 0.3) is 0 Å². The van der Waals surface area contributed by atoms with Crippen molar-refractivity contribution < 1.29 is 23.1 Å². The molecule has 0 radical (unpaired) electrons. The Kier molecular flexibility index (Phi) is 7.55. The van der Waals surface area contributed by atoms with Crippen molar-refractivity contribution in [3.05, 3.63) is 35.9 Å². The van der Waals surface area contributed by atoms with Crippen LogP contribution in [0, 0.1) is 0 Å². The molecular formula is C12H16ClF3N2O2. The average molecular weight is 313 g/mol. The molecule has 0 spiro atoms. The third-order valence-corrected chi connectivity index (χ3v) is 2.45. The summed E-state index contributed by atoms with van der Waals surface area (Å²) in [7, 11) is 0. The zero-order valence-electron chi connectivity index (χ0n) is 10.4. The third-order valence-electron chi connectivity index (χ3n) is 2.45. The molecule has 1 aromatic carbocycles. The lowest BCUT2D eigenvalue weighted by molar-refractivity contribution is -0.144. The quantitative estimate of drug-likeness (QED) is 0.760. The molecule has 0 heterocycles. The highest BCUT2D eigenvalue weighted by atomic mass is 35.5. The summed E-state index contributed by atoms with van der Waals surface area (Å²) in [6.45, 7) is -1.49. The highest BCUT2D eigenvalue weighted by Crippen LogP contribution is 2.12. The summed E-state index contributed by atoms with van der Waals surface area (Å²) in [6, 6.07) is 7.86. The number of carbonyl (C=O) groups is 1. The van der Waals surface area contributed by atoms with Crippen molar-refractivity contribution in [3.8, 4) is 0 Å². The molecule has 0 bridgehead atoms. The zero-order valence-corrected chi connectivity index (χ0v) is 11.2. The average Bonchev–Trinajstić information content (AvgIpc) is 2.35. The van der Waals surface area contributed by atoms with E-state index in [-0.39, 0.29) is 18.8 Å². The van der Waals surface area contributed by atoms with Gasteiger partial charge in [0.2, 0.25) is 0 Å². The van der Waals surface area contributed by atoms with Crippen LogP contribution in [0.4, 0.5) is 13.2 Å². The monoisotopic (exact) mass is 312 g/mol. The number of aliphatic hydroxyl groups excluding tert-OH is 1. The van der Waals surface area contributed by atoms with E-state index in [0.717, 1.165) is 5.56 Å². The number of hydrogen-bond donors (Lipinski definition) is 3. The summed E-state index contributed by atoms with van der Waals surface area (Å²) in [5.41, 5.74) is 6.39. The predicted molar refractivity (Wildman–Crippen MR) is 70.4 cm³/mol. The Hall–Kier alpha value is -1.31. The second-order valence-electron chi connectivity index (χ2n) is 4.13. The maximum atomic E-state index is 11.9. The summed E-state index contributed by atoms with van der Waals surface area (Å²) >= 11 is 0. The molecular weight excluding hydrogens is 297 g/mol. The normalized spacial score (nSPS) is 14.1. The third kappa shape index (κ3) is 6.74. The van der Waals surface area contributed by atoms with Crippen LogP contribution >= 0.6 is 12.4 Å². The minimum atomic E-state index is -4.51. The van der Waals surface area contributed by atoms with E-state index in [2.05, 4.69) is 0 Å². The van der Waals surface area contributed by atoms with Crippen molar-refractivity contribution in [2.75, 3.05) is 6.54 Å². The molecule has 20 heavy (non-hydrogen) atoms. The summed E-state index contributed by atoms with van der Waals surface area (Å²) in [5, 5.41) is 11.1. The van der Waals surface area contributed by atoms with E-state index in [1.165, 1.54) is 0 Å². The van der Waals surface area contributed by atoms with Gasteiger partial charge in [0.15, 0.2) is 0 Å². The summed E-state index contributed by atoms with van der Waals surface area (Å²) < 4.78 is 35.7. The summed E-state index contributed by atoms with van der Waals surface area (Å²) in [6.07, 6.45) is -6.00. The molecule has 114 valence electrons. The number of halogens is 4. The Morgan fingerprint density at radius 2 is 1.85 bits per heavy atom. The first-order valence-corrected chi connectivity index (χ1v) is 5.61. The molecule has 0 saturated carbocycles. The van der Waals surface area contributed by atoms with Crippen molar-refractivity contribution in [2.45, 2.75) is 24.7 Å². The van der Waals surface area contributed by atoms with Gasteiger partial charge in [0.25, 0.3) is 5.91 Å². The van der Waals surface area contributed by atoms with Gasteiger partial charge < -0.3 is 16.2 Å². The Labute approximate surface area is 120 Å². The lowest BCUT2D eigenvalue weighted by Gasteiger charge is -2.19. The highest BCUT2D eigenvalue weighted by Gasteiger charge is 2.30. The molecule has 0 saturated heterocycles. The largest absolute Gasteiger partial charge is 0.405 e. The van der Waals surface area contributed by atoms with E-state index in [4.69, 9.17) is 5.73 Å². The van der Waals surface area contributed by atoms with E-state index >= 15 is 0 Å². The molecule has 8 heteroatoms. The van der Waals surface area contributed by atoms with Gasteiger partial charge in [-0.1, -0.05) is 30.3 Å². The van der Waals surface area contributed by atoms with Crippen molar-refractivity contribution in [2.24, 2.45) is 5.73 Å². The van der Waals surface area contributed by atoms with Crippen molar-refractivity contribution in [3.63, 3.8) is 0 Å². The molecule has 1 rings (SSSR count). The molecule has 2 atom stereocenters. The highest BCUT2D eigenvalue weighted by molar-refractivity contribution is 5.85. The van der Waals surface area contributed by atoms with Gasteiger partial charge >= 0.3 is 6.18 Å². The van der Waals surface area contributed by atoms with Crippen LogP contribution in [0.2, 0.25) is 0 Å². The van der Waals surface area contributed by atoms with Gasteiger partial charge in [0.1, 0.15) is 12.6 Å². The van der Waals surface area contributed by atoms with Crippen LogP contribution in [0.15, 0.2) is 30.3 Å². The fourth-order valence-corrected chi connectivity index (χ4v) is 1.48. The number of benzene rings is 1. The standard InChI is InChI=1S/C12H15F3N2O2.ClH/c13-12(14,15)7-17-11(19)10(18)9(16)6-8-4-2-1-3-5-8;/h1-5,9-10,18H,6-7,16H2,(H,17,19);1H. The fourth-order valence-electron chi connectivity index (χ4n) is 1.48. The lowest BCUT2D eigenvalue weighted by Crippen LogP contribution is -2.49. The number of hydrogen-bond acceptors (Lipinski definition) is 3. The van der Waals surface area contributed by atoms with Gasteiger partial charge in [-0.3, -0.25) is 4.79 Å². The second kappa shape index (κ2) is 8.08. The molecule has 0 fully saturated rings. The molecule has 2 unspecified atom stereocenters. The first kappa shape index (κ1) is 18.7. The van der Waals surface area contributed by atoms with Crippen LogP contribution in [0.3, 0.4) is 0 Å². The number of aliphatic hydroxyl groups is 1. The number of carbonyl (C=O) groups excluding carboxylic acids is 1. The topological polar surface area (TPSA) is 75.3 Å². The minimum Gasteiger partial charge on any atom is -0.382 e.